The summed E-state index contributed by atoms with van der Waals surface area (Å²) in [6, 6.07) is 16.8. The first-order valence-corrected chi connectivity index (χ1v) is 10.9. The number of hydrogen-bond acceptors (Lipinski definition) is 3. The molecule has 3 heteroatoms. The second-order valence-corrected chi connectivity index (χ2v) is 9.27. The van der Waals surface area contributed by atoms with E-state index in [1.165, 1.54) is 16.7 Å². The zero-order valence-electron chi connectivity index (χ0n) is 19.1. The van der Waals surface area contributed by atoms with E-state index in [1.54, 1.807) is 0 Å². The Labute approximate surface area is 177 Å². The van der Waals surface area contributed by atoms with Crippen LogP contribution in [0, 0.1) is 0 Å². The number of ether oxygens (including phenoxy) is 1. The van der Waals surface area contributed by atoms with Crippen LogP contribution in [0.25, 0.3) is 0 Å². The van der Waals surface area contributed by atoms with Gasteiger partial charge in [0.15, 0.2) is 0 Å². The van der Waals surface area contributed by atoms with Gasteiger partial charge in [-0.1, -0.05) is 84.0 Å². The van der Waals surface area contributed by atoms with Crippen molar-refractivity contribution in [3.63, 3.8) is 0 Å². The summed E-state index contributed by atoms with van der Waals surface area (Å²) < 4.78 is 6.10. The molecule has 0 heterocycles. The molecule has 0 aliphatic rings. The summed E-state index contributed by atoms with van der Waals surface area (Å²) in [6.45, 7) is 15.1. The number of aliphatic hydroxyl groups is 1. The maximum absolute atomic E-state index is 10.4. The average Bonchev–Trinajstić information content (AvgIpc) is 2.72. The van der Waals surface area contributed by atoms with Gasteiger partial charge in [0.1, 0.15) is 18.5 Å². The fourth-order valence-corrected chi connectivity index (χ4v) is 3.22. The first kappa shape index (κ1) is 23.4. The van der Waals surface area contributed by atoms with Crippen LogP contribution in [0.5, 0.6) is 5.75 Å². The molecule has 2 rings (SSSR count). The van der Waals surface area contributed by atoms with Crippen LogP contribution in [0.15, 0.2) is 48.5 Å². The summed E-state index contributed by atoms with van der Waals surface area (Å²) >= 11 is 0. The van der Waals surface area contributed by atoms with Crippen LogP contribution in [0.4, 0.5) is 0 Å². The van der Waals surface area contributed by atoms with E-state index in [2.05, 4.69) is 77.2 Å². The normalized spacial score (nSPS) is 13.3. The lowest BCUT2D eigenvalue weighted by molar-refractivity contribution is 0.105. The zero-order valence-corrected chi connectivity index (χ0v) is 19.1. The van der Waals surface area contributed by atoms with Crippen LogP contribution in [-0.2, 0) is 17.4 Å². The Kier molecular flexibility index (Phi) is 8.30. The average molecular weight is 398 g/mol. The monoisotopic (exact) mass is 397 g/mol. The van der Waals surface area contributed by atoms with Crippen molar-refractivity contribution < 1.29 is 9.84 Å². The van der Waals surface area contributed by atoms with Gasteiger partial charge in [-0.3, -0.25) is 0 Å². The van der Waals surface area contributed by atoms with Crippen molar-refractivity contribution in [2.24, 2.45) is 0 Å². The van der Waals surface area contributed by atoms with Crippen LogP contribution < -0.4 is 10.1 Å². The highest BCUT2D eigenvalue weighted by molar-refractivity contribution is 5.44. The molecule has 0 saturated heterocycles. The van der Waals surface area contributed by atoms with Gasteiger partial charge in [0.2, 0.25) is 0 Å². The summed E-state index contributed by atoms with van der Waals surface area (Å²) in [5.41, 5.74) is 3.93. The van der Waals surface area contributed by atoms with E-state index in [0.717, 1.165) is 25.1 Å². The smallest absolute Gasteiger partial charge is 0.123 e. The van der Waals surface area contributed by atoms with Crippen LogP contribution in [0.2, 0.25) is 0 Å². The molecule has 29 heavy (non-hydrogen) atoms. The Morgan fingerprint density at radius 2 is 1.59 bits per heavy atom. The summed E-state index contributed by atoms with van der Waals surface area (Å²) in [7, 11) is 0. The molecule has 0 aromatic heterocycles. The Morgan fingerprint density at radius 3 is 2.21 bits per heavy atom. The minimum atomic E-state index is -0.553. The zero-order chi connectivity index (χ0) is 21.5. The van der Waals surface area contributed by atoms with Crippen molar-refractivity contribution in [1.82, 2.24) is 5.32 Å². The third-order valence-electron chi connectivity index (χ3n) is 6.24. The van der Waals surface area contributed by atoms with Gasteiger partial charge in [0.05, 0.1) is 0 Å². The topological polar surface area (TPSA) is 41.5 Å². The van der Waals surface area contributed by atoms with Gasteiger partial charge in [0.25, 0.3) is 0 Å². The molecule has 0 spiro atoms. The van der Waals surface area contributed by atoms with Gasteiger partial charge in [-0.25, -0.2) is 0 Å². The third-order valence-corrected chi connectivity index (χ3v) is 6.24. The number of nitrogens with one attached hydrogen (secondary N) is 1. The molecule has 2 aromatic rings. The quantitative estimate of drug-likeness (QED) is 0.519. The van der Waals surface area contributed by atoms with Crippen molar-refractivity contribution in [1.29, 1.82) is 0 Å². The number of benzene rings is 2. The predicted octanol–water partition coefficient (Wildman–Crippen LogP) is 5.59. The minimum Gasteiger partial charge on any atom is -0.491 e. The highest BCUT2D eigenvalue weighted by Gasteiger charge is 2.26. The Hall–Kier alpha value is -1.84. The van der Waals surface area contributed by atoms with Crippen molar-refractivity contribution in [3.05, 3.63) is 65.2 Å². The Balaban J connectivity index is 2.03. The second-order valence-electron chi connectivity index (χ2n) is 9.27. The number of rotatable bonds is 11. The molecule has 0 radical (unpaired) electrons. The number of aliphatic hydroxyl groups excluding tert-OH is 1. The third kappa shape index (κ3) is 6.58. The second kappa shape index (κ2) is 10.3. The molecule has 0 fully saturated rings. The van der Waals surface area contributed by atoms with E-state index in [9.17, 15) is 5.11 Å². The van der Waals surface area contributed by atoms with Gasteiger partial charge >= 0.3 is 0 Å². The number of hydrogen-bond donors (Lipinski definition) is 2. The van der Waals surface area contributed by atoms with Crippen LogP contribution >= 0.6 is 0 Å². The van der Waals surface area contributed by atoms with E-state index >= 15 is 0 Å². The first-order chi connectivity index (χ1) is 13.7. The molecule has 1 unspecified atom stereocenters. The largest absolute Gasteiger partial charge is 0.491 e. The SMILES string of the molecule is CCC(C)(C)c1ccc(OCC(O)CNCc2ccccc2)c(C(C)(C)CC)c1. The van der Waals surface area contributed by atoms with Gasteiger partial charge in [-0.05, 0) is 40.9 Å². The van der Waals surface area contributed by atoms with Crippen LogP contribution in [-0.4, -0.2) is 24.4 Å². The lowest BCUT2D eigenvalue weighted by Crippen LogP contribution is -2.31. The lowest BCUT2D eigenvalue weighted by Gasteiger charge is -2.30. The highest BCUT2D eigenvalue weighted by atomic mass is 16.5. The van der Waals surface area contributed by atoms with Crippen molar-refractivity contribution >= 4 is 0 Å². The molecule has 0 saturated carbocycles. The molecular weight excluding hydrogens is 358 g/mol. The molecule has 0 amide bonds. The summed E-state index contributed by atoms with van der Waals surface area (Å²) in [6.07, 6.45) is 1.56. The fraction of sp³-hybridized carbons (Fsp3) is 0.538. The summed E-state index contributed by atoms with van der Waals surface area (Å²) in [5.74, 6) is 0.884. The van der Waals surface area contributed by atoms with E-state index in [4.69, 9.17) is 4.74 Å². The first-order valence-electron chi connectivity index (χ1n) is 10.9. The molecule has 2 N–H and O–H groups in total. The highest BCUT2D eigenvalue weighted by Crippen LogP contribution is 2.38. The molecule has 3 nitrogen and oxygen atoms in total. The summed E-state index contributed by atoms with van der Waals surface area (Å²) in [5, 5.41) is 13.7. The maximum atomic E-state index is 10.4. The molecule has 0 aliphatic heterocycles. The molecule has 2 aromatic carbocycles. The van der Waals surface area contributed by atoms with Gasteiger partial charge in [-0.15, -0.1) is 0 Å². The summed E-state index contributed by atoms with van der Waals surface area (Å²) in [4.78, 5) is 0. The fourth-order valence-electron chi connectivity index (χ4n) is 3.22. The Morgan fingerprint density at radius 1 is 0.931 bits per heavy atom. The van der Waals surface area contributed by atoms with E-state index in [1.807, 2.05) is 18.2 Å². The van der Waals surface area contributed by atoms with Crippen molar-refractivity contribution in [2.45, 2.75) is 77.9 Å². The maximum Gasteiger partial charge on any atom is 0.123 e. The van der Waals surface area contributed by atoms with Gasteiger partial charge in [-0.2, -0.15) is 0 Å². The minimum absolute atomic E-state index is 0.0195. The molecule has 1 atom stereocenters. The van der Waals surface area contributed by atoms with Crippen molar-refractivity contribution in [3.8, 4) is 5.75 Å². The Bertz CT molecular complexity index is 753. The van der Waals surface area contributed by atoms with E-state index in [0.29, 0.717) is 6.54 Å². The molecule has 0 aliphatic carbocycles. The lowest BCUT2D eigenvalue weighted by atomic mass is 9.76. The van der Waals surface area contributed by atoms with Gasteiger partial charge in [0, 0.05) is 18.7 Å². The van der Waals surface area contributed by atoms with E-state index in [-0.39, 0.29) is 17.4 Å². The molecular formula is C26H39NO2. The predicted molar refractivity (Wildman–Crippen MR) is 123 cm³/mol. The standard InChI is InChI=1S/C26H39NO2/c1-7-25(3,4)21-14-15-24(23(16-21)26(5,6)8-2)29-19-22(28)18-27-17-20-12-10-9-11-13-20/h9-16,22,27-28H,7-8,17-19H2,1-6H3. The van der Waals surface area contributed by atoms with Crippen molar-refractivity contribution in [2.75, 3.05) is 13.2 Å². The van der Waals surface area contributed by atoms with Crippen LogP contribution in [0.3, 0.4) is 0 Å². The van der Waals surface area contributed by atoms with Crippen LogP contribution in [0.1, 0.15) is 71.1 Å². The van der Waals surface area contributed by atoms with E-state index < -0.39 is 6.10 Å². The molecule has 160 valence electrons. The molecule has 0 bridgehead atoms. The van der Waals surface area contributed by atoms with Gasteiger partial charge < -0.3 is 15.2 Å².